The standard InChI is InChI=1S/C18H26N6O4.CH2O2/c1-22-6-7-24(18(22)27)11-15(25)23-5-4-13-14(10-23)20-21-16(13)17(26)19-9-12-3-2-8-28-12;2-1-3/h12H,2-11H2,1H3,(H,19,26)(H,20,21);1H,(H,2,3). The van der Waals surface area contributed by atoms with Crippen molar-refractivity contribution in [2.75, 3.05) is 46.4 Å². The molecular weight excluding hydrogens is 408 g/mol. The Morgan fingerprint density at radius 3 is 2.77 bits per heavy atom. The largest absolute Gasteiger partial charge is 0.483 e. The van der Waals surface area contributed by atoms with Crippen LogP contribution in [-0.2, 0) is 27.3 Å². The van der Waals surface area contributed by atoms with Crippen LogP contribution in [0.15, 0.2) is 0 Å². The Labute approximate surface area is 179 Å². The molecule has 3 aliphatic rings. The fraction of sp³-hybridized carbons (Fsp3) is 0.632. The Morgan fingerprint density at radius 1 is 1.35 bits per heavy atom. The summed E-state index contributed by atoms with van der Waals surface area (Å²) in [6.45, 7) is 3.17. The van der Waals surface area contributed by atoms with Gasteiger partial charge in [-0.05, 0) is 19.3 Å². The number of nitrogens with zero attached hydrogens (tertiary/aromatic N) is 4. The van der Waals surface area contributed by atoms with Gasteiger partial charge in [0.15, 0.2) is 5.69 Å². The fourth-order valence-corrected chi connectivity index (χ4v) is 3.93. The summed E-state index contributed by atoms with van der Waals surface area (Å²) in [4.78, 5) is 50.3. The maximum Gasteiger partial charge on any atom is 0.320 e. The van der Waals surface area contributed by atoms with Gasteiger partial charge in [0.2, 0.25) is 5.91 Å². The molecule has 1 aromatic rings. The van der Waals surface area contributed by atoms with Crippen LogP contribution in [0.5, 0.6) is 0 Å². The van der Waals surface area contributed by atoms with Gasteiger partial charge < -0.3 is 29.9 Å². The van der Waals surface area contributed by atoms with Gasteiger partial charge in [0, 0.05) is 45.4 Å². The van der Waals surface area contributed by atoms with Gasteiger partial charge in [0.05, 0.1) is 18.3 Å². The summed E-state index contributed by atoms with van der Waals surface area (Å²) in [7, 11) is 1.73. The third kappa shape index (κ3) is 5.32. The quantitative estimate of drug-likeness (QED) is 0.516. The molecule has 4 rings (SSSR count). The van der Waals surface area contributed by atoms with E-state index < -0.39 is 0 Å². The number of carbonyl (C=O) groups excluding carboxylic acids is 3. The lowest BCUT2D eigenvalue weighted by Crippen LogP contribution is -2.44. The van der Waals surface area contributed by atoms with Crippen LogP contribution in [-0.4, -0.2) is 107 Å². The van der Waals surface area contributed by atoms with Crippen LogP contribution < -0.4 is 5.32 Å². The van der Waals surface area contributed by atoms with E-state index in [2.05, 4.69) is 15.5 Å². The summed E-state index contributed by atoms with van der Waals surface area (Å²) in [6.07, 6.45) is 2.64. The van der Waals surface area contributed by atoms with Crippen molar-refractivity contribution in [1.29, 1.82) is 0 Å². The first-order valence-electron chi connectivity index (χ1n) is 10.3. The molecule has 0 saturated carbocycles. The van der Waals surface area contributed by atoms with Crippen molar-refractivity contribution in [3.05, 3.63) is 17.0 Å². The molecule has 2 saturated heterocycles. The second kappa shape index (κ2) is 10.2. The minimum atomic E-state index is -0.250. The number of nitrogens with one attached hydrogen (secondary N) is 2. The highest BCUT2D eigenvalue weighted by Gasteiger charge is 2.31. The molecule has 2 fully saturated rings. The minimum absolute atomic E-state index is 0.0826. The molecule has 1 unspecified atom stereocenters. The van der Waals surface area contributed by atoms with Gasteiger partial charge >= 0.3 is 6.03 Å². The number of rotatable bonds is 5. The van der Waals surface area contributed by atoms with Crippen LogP contribution in [0.2, 0.25) is 0 Å². The van der Waals surface area contributed by atoms with E-state index in [-0.39, 0.29) is 37.0 Å². The number of aromatic amines is 1. The van der Waals surface area contributed by atoms with Crippen molar-refractivity contribution in [2.24, 2.45) is 0 Å². The molecule has 3 aliphatic heterocycles. The Kier molecular flexibility index (Phi) is 7.45. The normalized spacial score (nSPS) is 20.2. The number of ether oxygens (including phenoxy) is 1. The molecule has 3 N–H and O–H groups in total. The maximum atomic E-state index is 12.6. The molecule has 1 atom stereocenters. The highest BCUT2D eigenvalue weighted by Crippen LogP contribution is 2.21. The smallest absolute Gasteiger partial charge is 0.320 e. The molecule has 1 aromatic heterocycles. The van der Waals surface area contributed by atoms with Crippen LogP contribution in [0.25, 0.3) is 0 Å². The maximum absolute atomic E-state index is 12.6. The monoisotopic (exact) mass is 436 g/mol. The number of carboxylic acid groups (broad SMARTS) is 1. The van der Waals surface area contributed by atoms with Gasteiger partial charge in [-0.2, -0.15) is 5.10 Å². The molecule has 0 spiro atoms. The topological polar surface area (TPSA) is 148 Å². The Hall–Kier alpha value is -3.15. The fourth-order valence-electron chi connectivity index (χ4n) is 3.93. The van der Waals surface area contributed by atoms with E-state index in [0.717, 1.165) is 30.7 Å². The van der Waals surface area contributed by atoms with E-state index in [4.69, 9.17) is 14.6 Å². The van der Waals surface area contributed by atoms with Gasteiger partial charge in [0.1, 0.15) is 6.54 Å². The number of urea groups is 1. The lowest BCUT2D eigenvalue weighted by atomic mass is 10.0. The average Bonchev–Trinajstić information content (AvgIpc) is 3.49. The number of fused-ring (bicyclic) bond motifs is 1. The van der Waals surface area contributed by atoms with Crippen LogP contribution >= 0.6 is 0 Å². The number of hydrogen-bond acceptors (Lipinski definition) is 6. The summed E-state index contributed by atoms with van der Waals surface area (Å²) in [5.41, 5.74) is 2.05. The number of likely N-dealkylation sites (N-methyl/N-ethyl adjacent to an activating group) is 1. The minimum Gasteiger partial charge on any atom is -0.483 e. The number of H-pyrrole nitrogens is 1. The number of hydrogen-bond donors (Lipinski definition) is 3. The first-order valence-corrected chi connectivity index (χ1v) is 10.3. The molecule has 0 radical (unpaired) electrons. The van der Waals surface area contributed by atoms with E-state index >= 15 is 0 Å². The number of amides is 4. The summed E-state index contributed by atoms with van der Waals surface area (Å²) in [5.74, 6) is -0.299. The third-order valence-electron chi connectivity index (χ3n) is 5.64. The lowest BCUT2D eigenvalue weighted by molar-refractivity contribution is -0.132. The van der Waals surface area contributed by atoms with Crippen LogP contribution in [0.3, 0.4) is 0 Å². The highest BCUT2D eigenvalue weighted by molar-refractivity contribution is 5.94. The number of aromatic nitrogens is 2. The van der Waals surface area contributed by atoms with Crippen molar-refractivity contribution in [3.8, 4) is 0 Å². The molecule has 0 aliphatic carbocycles. The van der Waals surface area contributed by atoms with Gasteiger partial charge in [-0.1, -0.05) is 0 Å². The van der Waals surface area contributed by atoms with Crippen LogP contribution in [0.1, 0.15) is 34.6 Å². The molecular formula is C19H28N6O6. The van der Waals surface area contributed by atoms with E-state index in [1.807, 2.05) is 0 Å². The molecule has 0 bridgehead atoms. The van der Waals surface area contributed by atoms with E-state index in [1.54, 1.807) is 21.7 Å². The second-order valence-electron chi connectivity index (χ2n) is 7.67. The van der Waals surface area contributed by atoms with Crippen molar-refractivity contribution in [1.82, 2.24) is 30.2 Å². The predicted octanol–water partition coefficient (Wildman–Crippen LogP) is -0.729. The zero-order chi connectivity index (χ0) is 22.4. The second-order valence-corrected chi connectivity index (χ2v) is 7.67. The Balaban J connectivity index is 0.000000858. The zero-order valence-electron chi connectivity index (χ0n) is 17.5. The van der Waals surface area contributed by atoms with E-state index in [9.17, 15) is 14.4 Å². The molecule has 12 heteroatoms. The summed E-state index contributed by atoms with van der Waals surface area (Å²) in [6, 6.07) is -0.113. The van der Waals surface area contributed by atoms with E-state index in [0.29, 0.717) is 44.8 Å². The summed E-state index contributed by atoms with van der Waals surface area (Å²) < 4.78 is 5.52. The van der Waals surface area contributed by atoms with Crippen LogP contribution in [0.4, 0.5) is 4.79 Å². The van der Waals surface area contributed by atoms with Crippen molar-refractivity contribution < 1.29 is 29.0 Å². The average molecular weight is 436 g/mol. The van der Waals surface area contributed by atoms with Gasteiger partial charge in [-0.3, -0.25) is 19.5 Å². The van der Waals surface area contributed by atoms with Gasteiger partial charge in [-0.15, -0.1) is 0 Å². The molecule has 4 amide bonds. The first kappa shape index (κ1) is 22.5. The predicted molar refractivity (Wildman–Crippen MR) is 107 cm³/mol. The van der Waals surface area contributed by atoms with Crippen molar-refractivity contribution in [2.45, 2.75) is 31.9 Å². The number of carbonyl (C=O) groups is 4. The van der Waals surface area contributed by atoms with Crippen LogP contribution in [0, 0.1) is 0 Å². The Morgan fingerprint density at radius 2 is 2.13 bits per heavy atom. The van der Waals surface area contributed by atoms with Gasteiger partial charge in [0.25, 0.3) is 12.4 Å². The molecule has 170 valence electrons. The third-order valence-corrected chi connectivity index (χ3v) is 5.64. The lowest BCUT2D eigenvalue weighted by Gasteiger charge is -2.28. The van der Waals surface area contributed by atoms with Crippen molar-refractivity contribution >= 4 is 24.3 Å². The summed E-state index contributed by atoms with van der Waals surface area (Å²) >= 11 is 0. The highest BCUT2D eigenvalue weighted by atomic mass is 16.5. The SMILES string of the molecule is CN1CCN(CC(=O)N2CCc3c(C(=O)NCC4CCCO4)n[nH]c3C2)C1=O.O=CO. The van der Waals surface area contributed by atoms with Gasteiger partial charge in [-0.25, -0.2) is 4.79 Å². The molecule has 0 aromatic carbocycles. The van der Waals surface area contributed by atoms with Crippen molar-refractivity contribution in [3.63, 3.8) is 0 Å². The molecule has 31 heavy (non-hydrogen) atoms. The Bertz CT molecular complexity index is 821. The molecule has 4 heterocycles. The zero-order valence-corrected chi connectivity index (χ0v) is 17.5. The van der Waals surface area contributed by atoms with E-state index in [1.165, 1.54) is 0 Å². The first-order chi connectivity index (χ1) is 14.9. The molecule has 12 nitrogen and oxygen atoms in total. The summed E-state index contributed by atoms with van der Waals surface area (Å²) in [5, 5.41) is 16.9.